The Morgan fingerprint density at radius 2 is 1.64 bits per heavy atom. The van der Waals surface area contributed by atoms with E-state index in [4.69, 9.17) is 0 Å². The van der Waals surface area contributed by atoms with Crippen LogP contribution in [-0.2, 0) is 9.59 Å². The second-order valence-electron chi connectivity index (χ2n) is 8.75. The quantitative estimate of drug-likeness (QED) is 0.402. The summed E-state index contributed by atoms with van der Waals surface area (Å²) in [5.74, 6) is 0.157. The molecule has 0 aromatic rings. The van der Waals surface area contributed by atoms with Crippen LogP contribution in [0.4, 0.5) is 0 Å². The van der Waals surface area contributed by atoms with Crippen LogP contribution in [0.25, 0.3) is 0 Å². The molecule has 1 atom stereocenters. The standard InChI is InChI=1S/C21H33N4O2P/c26-18-16-21(6-1-2-7-21)17-19(27)25(18)10-4-3-9-23-11-13-24(14-12-23)20-22-8-5-15-28-20/h5,8,28H,1-4,6-7,9-17H2. The van der Waals surface area contributed by atoms with Gasteiger partial charge in [-0.05, 0) is 52.4 Å². The van der Waals surface area contributed by atoms with Gasteiger partial charge in [0.15, 0.2) is 0 Å². The zero-order chi connectivity index (χ0) is 19.4. The van der Waals surface area contributed by atoms with Crippen molar-refractivity contribution in [2.24, 2.45) is 10.4 Å². The molecular weight excluding hydrogens is 371 g/mol. The third-order valence-corrected chi connectivity index (χ3v) is 7.98. The molecule has 28 heavy (non-hydrogen) atoms. The molecule has 0 radical (unpaired) electrons. The van der Waals surface area contributed by atoms with E-state index >= 15 is 0 Å². The third-order valence-electron chi connectivity index (χ3n) is 6.78. The summed E-state index contributed by atoms with van der Waals surface area (Å²) in [6.07, 6.45) is 12.9. The molecule has 0 aromatic carbocycles. The molecule has 4 rings (SSSR count). The number of piperidine rings is 1. The average Bonchev–Trinajstić information content (AvgIpc) is 3.15. The molecule has 0 N–H and O–H groups in total. The summed E-state index contributed by atoms with van der Waals surface area (Å²) in [4.78, 5) is 36.1. The van der Waals surface area contributed by atoms with Gasteiger partial charge in [-0.15, -0.1) is 0 Å². The summed E-state index contributed by atoms with van der Waals surface area (Å²) >= 11 is 0. The molecule has 6 nitrogen and oxygen atoms in total. The smallest absolute Gasteiger partial charge is 0.229 e. The molecule has 1 aliphatic carbocycles. The molecule has 2 saturated heterocycles. The Balaban J connectivity index is 1.15. The topological polar surface area (TPSA) is 56.2 Å². The van der Waals surface area contributed by atoms with E-state index in [9.17, 15) is 9.59 Å². The van der Waals surface area contributed by atoms with E-state index in [1.807, 2.05) is 6.20 Å². The number of nitrogens with zero attached hydrogens (tertiary/aromatic N) is 4. The fourth-order valence-electron chi connectivity index (χ4n) is 5.12. The number of carbonyl (C=O) groups excluding carboxylic acids is 2. The first-order chi connectivity index (χ1) is 13.7. The largest absolute Gasteiger partial charge is 0.354 e. The first kappa shape index (κ1) is 20.0. The van der Waals surface area contributed by atoms with Crippen LogP contribution < -0.4 is 0 Å². The van der Waals surface area contributed by atoms with Crippen LogP contribution in [0.3, 0.4) is 0 Å². The van der Waals surface area contributed by atoms with Crippen molar-refractivity contribution in [3.63, 3.8) is 0 Å². The average molecular weight is 404 g/mol. The lowest BCUT2D eigenvalue weighted by Gasteiger charge is -2.38. The van der Waals surface area contributed by atoms with Gasteiger partial charge in [-0.1, -0.05) is 18.9 Å². The van der Waals surface area contributed by atoms with Crippen molar-refractivity contribution in [2.75, 3.05) is 45.4 Å². The molecule has 2 amide bonds. The van der Waals surface area contributed by atoms with Crippen molar-refractivity contribution in [1.29, 1.82) is 0 Å². The summed E-state index contributed by atoms with van der Waals surface area (Å²) < 4.78 is 0. The second kappa shape index (κ2) is 9.04. The minimum absolute atomic E-state index is 0.0172. The summed E-state index contributed by atoms with van der Waals surface area (Å²) in [5, 5.41) is 0. The number of unbranched alkanes of at least 4 members (excludes halogenated alkanes) is 1. The lowest BCUT2D eigenvalue weighted by molar-refractivity contribution is -0.153. The van der Waals surface area contributed by atoms with E-state index in [-0.39, 0.29) is 17.2 Å². The molecule has 3 fully saturated rings. The van der Waals surface area contributed by atoms with Gasteiger partial charge >= 0.3 is 0 Å². The highest BCUT2D eigenvalue weighted by Crippen LogP contribution is 2.46. The van der Waals surface area contributed by atoms with Crippen LogP contribution in [0.1, 0.15) is 51.4 Å². The molecule has 154 valence electrons. The van der Waals surface area contributed by atoms with Crippen LogP contribution in [0.5, 0.6) is 0 Å². The molecule has 3 aliphatic heterocycles. The van der Waals surface area contributed by atoms with E-state index < -0.39 is 0 Å². The first-order valence-corrected chi connectivity index (χ1v) is 12.1. The van der Waals surface area contributed by atoms with Crippen LogP contribution in [0, 0.1) is 5.41 Å². The van der Waals surface area contributed by atoms with Crippen molar-refractivity contribution >= 4 is 26.0 Å². The van der Waals surface area contributed by atoms with Crippen LogP contribution in [0.15, 0.2) is 17.3 Å². The number of aliphatic imine (C=N–C) groups is 1. The molecule has 1 unspecified atom stereocenters. The second-order valence-corrected chi connectivity index (χ2v) is 9.96. The molecular formula is C21H33N4O2P. The first-order valence-electron chi connectivity index (χ1n) is 10.9. The molecule has 1 saturated carbocycles. The highest BCUT2D eigenvalue weighted by atomic mass is 31.1. The Morgan fingerprint density at radius 1 is 0.964 bits per heavy atom. The Bertz CT molecular complexity index is 629. The van der Waals surface area contributed by atoms with Crippen molar-refractivity contribution in [3.8, 4) is 0 Å². The van der Waals surface area contributed by atoms with Crippen LogP contribution in [-0.4, -0.2) is 77.5 Å². The SMILES string of the molecule is O=C1CC2(CCCC2)CC(=O)N1CCCCN1CCN(C2=NC=CCP2)CC1. The summed E-state index contributed by atoms with van der Waals surface area (Å²) in [5.41, 5.74) is 1.29. The molecule has 7 heteroatoms. The minimum atomic E-state index is 0.0172. The van der Waals surface area contributed by atoms with Gasteiger partial charge in [-0.3, -0.25) is 19.4 Å². The van der Waals surface area contributed by atoms with E-state index in [0.29, 0.717) is 19.4 Å². The normalized spacial score (nSPS) is 26.5. The van der Waals surface area contributed by atoms with Gasteiger partial charge < -0.3 is 4.90 Å². The van der Waals surface area contributed by atoms with Gasteiger partial charge in [0.2, 0.25) is 11.8 Å². The van der Waals surface area contributed by atoms with Gasteiger partial charge in [0, 0.05) is 51.8 Å². The number of rotatable bonds is 5. The van der Waals surface area contributed by atoms with Gasteiger partial charge in [0.25, 0.3) is 0 Å². The van der Waals surface area contributed by atoms with Crippen molar-refractivity contribution in [2.45, 2.75) is 51.4 Å². The van der Waals surface area contributed by atoms with Crippen LogP contribution in [0.2, 0.25) is 0 Å². The number of amidine groups is 1. The number of amides is 2. The Morgan fingerprint density at radius 3 is 2.29 bits per heavy atom. The lowest BCUT2D eigenvalue weighted by atomic mass is 9.76. The van der Waals surface area contributed by atoms with E-state index in [1.165, 1.54) is 18.4 Å². The Hall–Kier alpha value is -1.26. The van der Waals surface area contributed by atoms with E-state index in [0.717, 1.165) is 73.1 Å². The van der Waals surface area contributed by atoms with Gasteiger partial charge in [-0.2, -0.15) is 0 Å². The van der Waals surface area contributed by atoms with Gasteiger partial charge in [0.1, 0.15) is 5.58 Å². The van der Waals surface area contributed by atoms with Crippen molar-refractivity contribution in [3.05, 3.63) is 12.3 Å². The maximum Gasteiger partial charge on any atom is 0.229 e. The molecule has 0 aromatic heterocycles. The van der Waals surface area contributed by atoms with Crippen LogP contribution >= 0.6 is 8.58 Å². The Kier molecular flexibility index (Phi) is 6.47. The predicted octanol–water partition coefficient (Wildman–Crippen LogP) is 2.66. The fourth-order valence-corrected chi connectivity index (χ4v) is 6.13. The summed E-state index contributed by atoms with van der Waals surface area (Å²) in [6, 6.07) is 0. The van der Waals surface area contributed by atoms with E-state index in [1.54, 1.807) is 4.90 Å². The number of imide groups is 1. The maximum atomic E-state index is 12.5. The van der Waals surface area contributed by atoms with Gasteiger partial charge in [-0.25, -0.2) is 4.99 Å². The fraction of sp³-hybridized carbons (Fsp3) is 0.762. The highest BCUT2D eigenvalue weighted by molar-refractivity contribution is 7.58. The summed E-state index contributed by atoms with van der Waals surface area (Å²) in [6.45, 7) is 5.95. The lowest BCUT2D eigenvalue weighted by Crippen LogP contribution is -2.48. The number of allylic oxidation sites excluding steroid dienone is 1. The van der Waals surface area contributed by atoms with Crippen molar-refractivity contribution < 1.29 is 9.59 Å². The predicted molar refractivity (Wildman–Crippen MR) is 114 cm³/mol. The molecule has 4 aliphatic rings. The highest BCUT2D eigenvalue weighted by Gasteiger charge is 2.44. The minimum Gasteiger partial charge on any atom is -0.354 e. The van der Waals surface area contributed by atoms with Crippen molar-refractivity contribution in [1.82, 2.24) is 14.7 Å². The van der Waals surface area contributed by atoms with Gasteiger partial charge in [0.05, 0.1) is 0 Å². The summed E-state index contributed by atoms with van der Waals surface area (Å²) in [7, 11) is 0.815. The molecule has 3 heterocycles. The third kappa shape index (κ3) is 4.65. The number of hydrogen-bond acceptors (Lipinski definition) is 5. The Labute approximate surface area is 170 Å². The molecule has 0 bridgehead atoms. The number of carbonyl (C=O) groups is 2. The number of likely N-dealkylation sites (tertiary alicyclic amines) is 1. The molecule has 1 spiro atoms. The van der Waals surface area contributed by atoms with E-state index in [2.05, 4.69) is 20.9 Å². The monoisotopic (exact) mass is 404 g/mol. The maximum absolute atomic E-state index is 12.5. The zero-order valence-electron chi connectivity index (χ0n) is 16.9. The zero-order valence-corrected chi connectivity index (χ0v) is 17.9. The number of piperazine rings is 1. The number of hydrogen-bond donors (Lipinski definition) is 0.